The lowest BCUT2D eigenvalue weighted by molar-refractivity contribution is -0.286. The largest absolute Gasteiger partial charge is 0.586 e. The number of aliphatic hydroxyl groups is 1. The van der Waals surface area contributed by atoms with Gasteiger partial charge in [-0.25, -0.2) is 0 Å². The topological polar surface area (TPSA) is 97.3 Å². The van der Waals surface area contributed by atoms with E-state index < -0.39 is 18.4 Å². The number of methoxy groups -OCH3 is 1. The molecule has 1 amide bonds. The number of carbonyl (C=O) groups excluding carboxylic acids is 2. The van der Waals surface area contributed by atoms with Crippen LogP contribution >= 0.6 is 0 Å². The number of rotatable bonds is 11. The van der Waals surface area contributed by atoms with E-state index in [0.29, 0.717) is 29.8 Å². The van der Waals surface area contributed by atoms with Crippen molar-refractivity contribution < 1.29 is 37.7 Å². The first kappa shape index (κ1) is 25.8. The lowest BCUT2D eigenvalue weighted by atomic mass is 10.0. The first-order valence-corrected chi connectivity index (χ1v) is 12.0. The van der Waals surface area contributed by atoms with Gasteiger partial charge in [-0.05, 0) is 74.3 Å². The van der Waals surface area contributed by atoms with Gasteiger partial charge < -0.3 is 29.5 Å². The van der Waals surface area contributed by atoms with E-state index in [1.807, 2.05) is 0 Å². The summed E-state index contributed by atoms with van der Waals surface area (Å²) in [4.78, 5) is 27.3. The van der Waals surface area contributed by atoms with Gasteiger partial charge in [-0.15, -0.1) is 8.78 Å². The van der Waals surface area contributed by atoms with Crippen LogP contribution in [0, 0.1) is 0 Å². The summed E-state index contributed by atoms with van der Waals surface area (Å²) >= 11 is 0. The third-order valence-electron chi connectivity index (χ3n) is 6.37. The summed E-state index contributed by atoms with van der Waals surface area (Å²) in [5.41, 5.74) is 0.876. The van der Waals surface area contributed by atoms with Gasteiger partial charge in [-0.1, -0.05) is 6.07 Å². The SMILES string of the molecule is COc1ccc(C(=O)CCCC(=O)N[C@H](CN2CCCC2)[C@H](O)c2ccc3c(c2)OC(F)(F)O3)cc1. The number of Topliss-reactive ketones (excluding diaryl/α,β-unsaturated/α-hetero) is 1. The second kappa shape index (κ2) is 11.2. The molecule has 2 aliphatic heterocycles. The summed E-state index contributed by atoms with van der Waals surface area (Å²) in [6, 6.07) is 10.2. The highest BCUT2D eigenvalue weighted by molar-refractivity contribution is 5.96. The van der Waals surface area contributed by atoms with Gasteiger partial charge in [-0.3, -0.25) is 9.59 Å². The van der Waals surface area contributed by atoms with E-state index in [1.165, 1.54) is 18.2 Å². The smallest absolute Gasteiger partial charge is 0.497 e. The highest BCUT2D eigenvalue weighted by Gasteiger charge is 2.43. The summed E-state index contributed by atoms with van der Waals surface area (Å²) < 4.78 is 40.8. The van der Waals surface area contributed by atoms with Gasteiger partial charge in [0.05, 0.1) is 13.2 Å². The molecule has 0 spiro atoms. The van der Waals surface area contributed by atoms with Crippen molar-refractivity contribution in [2.45, 2.75) is 50.5 Å². The van der Waals surface area contributed by atoms with E-state index in [-0.39, 0.29) is 36.0 Å². The minimum absolute atomic E-state index is 0.0729. The highest BCUT2D eigenvalue weighted by Crippen LogP contribution is 2.42. The number of hydrogen-bond acceptors (Lipinski definition) is 7. The zero-order valence-corrected chi connectivity index (χ0v) is 20.0. The maximum absolute atomic E-state index is 13.4. The first-order valence-electron chi connectivity index (χ1n) is 12.0. The van der Waals surface area contributed by atoms with Gasteiger partial charge in [0.2, 0.25) is 5.91 Å². The number of aliphatic hydroxyl groups excluding tert-OH is 1. The lowest BCUT2D eigenvalue weighted by Crippen LogP contribution is -2.46. The van der Waals surface area contributed by atoms with E-state index in [2.05, 4.69) is 19.7 Å². The molecule has 2 aliphatic rings. The third-order valence-corrected chi connectivity index (χ3v) is 6.37. The molecule has 194 valence electrons. The minimum Gasteiger partial charge on any atom is -0.497 e. The van der Waals surface area contributed by atoms with Crippen LogP contribution in [0.3, 0.4) is 0 Å². The Balaban J connectivity index is 1.35. The fourth-order valence-electron chi connectivity index (χ4n) is 4.46. The van der Waals surface area contributed by atoms with Gasteiger partial charge in [-0.2, -0.15) is 0 Å². The van der Waals surface area contributed by atoms with Crippen LogP contribution in [0.2, 0.25) is 0 Å². The van der Waals surface area contributed by atoms with Crippen molar-refractivity contribution in [1.82, 2.24) is 10.2 Å². The Morgan fingerprint density at radius 2 is 1.78 bits per heavy atom. The zero-order valence-electron chi connectivity index (χ0n) is 20.0. The van der Waals surface area contributed by atoms with Crippen molar-refractivity contribution in [3.05, 3.63) is 53.6 Å². The van der Waals surface area contributed by atoms with Crippen LogP contribution in [0.5, 0.6) is 17.2 Å². The van der Waals surface area contributed by atoms with Crippen molar-refractivity contribution in [2.24, 2.45) is 0 Å². The molecular formula is C26H30F2N2O6. The summed E-state index contributed by atoms with van der Waals surface area (Å²) in [6.45, 7) is 2.11. The number of amides is 1. The van der Waals surface area contributed by atoms with Crippen LogP contribution in [0.1, 0.15) is 54.1 Å². The predicted molar refractivity (Wildman–Crippen MR) is 126 cm³/mol. The van der Waals surface area contributed by atoms with E-state index in [9.17, 15) is 23.5 Å². The molecule has 0 saturated carbocycles. The molecule has 0 aliphatic carbocycles. The number of nitrogens with zero attached hydrogens (tertiary/aromatic N) is 1. The van der Waals surface area contributed by atoms with Crippen LogP contribution in [0.25, 0.3) is 0 Å². The molecule has 2 heterocycles. The lowest BCUT2D eigenvalue weighted by Gasteiger charge is -2.29. The number of ether oxygens (including phenoxy) is 3. The second-order valence-electron chi connectivity index (χ2n) is 9.01. The molecule has 0 unspecified atom stereocenters. The number of carbonyl (C=O) groups is 2. The molecule has 2 aromatic rings. The van der Waals surface area contributed by atoms with Gasteiger partial charge in [0, 0.05) is 24.9 Å². The molecule has 36 heavy (non-hydrogen) atoms. The number of likely N-dealkylation sites (tertiary alicyclic amines) is 1. The number of fused-ring (bicyclic) bond motifs is 1. The molecule has 2 aromatic carbocycles. The summed E-state index contributed by atoms with van der Waals surface area (Å²) in [5.74, 6) is 0.00599. The maximum Gasteiger partial charge on any atom is 0.586 e. The molecule has 8 nitrogen and oxygen atoms in total. The van der Waals surface area contributed by atoms with Crippen LogP contribution in [0.4, 0.5) is 8.78 Å². The van der Waals surface area contributed by atoms with Crippen molar-refractivity contribution in [3.63, 3.8) is 0 Å². The quantitative estimate of drug-likeness (QED) is 0.451. The summed E-state index contributed by atoms with van der Waals surface area (Å²) in [7, 11) is 1.55. The summed E-state index contributed by atoms with van der Waals surface area (Å²) in [5, 5.41) is 13.9. The van der Waals surface area contributed by atoms with Gasteiger partial charge in [0.15, 0.2) is 17.3 Å². The molecular weight excluding hydrogens is 474 g/mol. The van der Waals surface area contributed by atoms with Crippen LogP contribution in [-0.4, -0.2) is 60.8 Å². The minimum atomic E-state index is -3.75. The van der Waals surface area contributed by atoms with E-state index >= 15 is 0 Å². The van der Waals surface area contributed by atoms with E-state index in [1.54, 1.807) is 31.4 Å². The first-order chi connectivity index (χ1) is 17.2. The molecule has 0 bridgehead atoms. The molecule has 10 heteroatoms. The maximum atomic E-state index is 13.4. The van der Waals surface area contributed by atoms with Gasteiger partial charge >= 0.3 is 6.29 Å². The number of halogens is 2. The number of alkyl halides is 2. The molecule has 1 fully saturated rings. The molecule has 2 atom stereocenters. The van der Waals surface area contributed by atoms with Crippen molar-refractivity contribution in [2.75, 3.05) is 26.7 Å². The van der Waals surface area contributed by atoms with Crippen LogP contribution in [-0.2, 0) is 4.79 Å². The highest BCUT2D eigenvalue weighted by atomic mass is 19.3. The number of hydrogen-bond donors (Lipinski definition) is 2. The third kappa shape index (κ3) is 6.50. The van der Waals surface area contributed by atoms with Crippen molar-refractivity contribution >= 4 is 11.7 Å². The number of ketones is 1. The molecule has 0 radical (unpaired) electrons. The van der Waals surface area contributed by atoms with E-state index in [0.717, 1.165) is 25.9 Å². The Morgan fingerprint density at radius 1 is 1.08 bits per heavy atom. The van der Waals surface area contributed by atoms with Gasteiger partial charge in [0.1, 0.15) is 11.9 Å². The average molecular weight is 505 g/mol. The fraction of sp³-hybridized carbons (Fsp3) is 0.462. The Labute approximate surface area is 208 Å². The predicted octanol–water partition coefficient (Wildman–Crippen LogP) is 3.68. The van der Waals surface area contributed by atoms with E-state index in [4.69, 9.17) is 4.74 Å². The monoisotopic (exact) mass is 504 g/mol. The number of nitrogens with one attached hydrogen (secondary N) is 1. The normalized spacial score (nSPS) is 18.0. The summed E-state index contributed by atoms with van der Waals surface area (Å²) in [6.07, 6.45) is -2.18. The standard InChI is InChI=1S/C26H30F2N2O6/c1-34-19-10-7-17(8-11-19)21(31)5-4-6-24(32)29-20(16-30-13-2-3-14-30)25(33)18-9-12-22-23(15-18)36-26(27,28)35-22/h7-12,15,20,25,33H,2-6,13-14,16H2,1H3,(H,29,32)/t20-,25-/m1/s1. The van der Waals surface area contributed by atoms with Crippen molar-refractivity contribution in [3.8, 4) is 17.2 Å². The molecule has 2 N–H and O–H groups in total. The van der Waals surface area contributed by atoms with Crippen LogP contribution in [0.15, 0.2) is 42.5 Å². The van der Waals surface area contributed by atoms with Crippen LogP contribution < -0.4 is 19.5 Å². The Kier molecular flexibility index (Phi) is 8.05. The Bertz CT molecular complexity index is 1070. The Morgan fingerprint density at radius 3 is 2.47 bits per heavy atom. The fourth-order valence-corrected chi connectivity index (χ4v) is 4.46. The molecule has 1 saturated heterocycles. The molecule has 0 aromatic heterocycles. The molecule has 4 rings (SSSR count). The zero-order chi connectivity index (χ0) is 25.7. The van der Waals surface area contributed by atoms with Gasteiger partial charge in [0.25, 0.3) is 0 Å². The van der Waals surface area contributed by atoms with Crippen molar-refractivity contribution in [1.29, 1.82) is 0 Å². The number of benzene rings is 2. The Hall–Kier alpha value is -3.24. The second-order valence-corrected chi connectivity index (χ2v) is 9.01. The average Bonchev–Trinajstić information content (AvgIpc) is 3.48.